The van der Waals surface area contributed by atoms with E-state index in [0.29, 0.717) is 0 Å². The first kappa shape index (κ1) is 13.8. The summed E-state index contributed by atoms with van der Waals surface area (Å²) >= 11 is 1.85. The fraction of sp³-hybridized carbons (Fsp3) is 0.167. The van der Waals surface area contributed by atoms with Crippen molar-refractivity contribution in [1.29, 1.82) is 0 Å². The Kier molecular flexibility index (Phi) is 4.02. The maximum atomic E-state index is 4.17. The number of hydrogen-bond acceptors (Lipinski definition) is 2. The van der Waals surface area contributed by atoms with E-state index in [4.69, 9.17) is 0 Å². The Morgan fingerprint density at radius 2 is 1.81 bits per heavy atom. The van der Waals surface area contributed by atoms with Gasteiger partial charge in [0.2, 0.25) is 10.5 Å². The molecule has 0 bridgehead atoms. The molecule has 21 heavy (non-hydrogen) atoms. The van der Waals surface area contributed by atoms with E-state index in [1.54, 1.807) is 0 Å². The van der Waals surface area contributed by atoms with Crippen LogP contribution < -0.4 is 9.88 Å². The predicted octanol–water partition coefficient (Wildman–Crippen LogP) is 4.38. The van der Waals surface area contributed by atoms with Gasteiger partial charge in [0.15, 0.2) is 0 Å². The smallest absolute Gasteiger partial charge is 0.244 e. The number of aromatic nitrogens is 1. The first-order valence-corrected chi connectivity index (χ1v) is 7.99. The minimum Gasteiger partial charge on any atom is -0.359 e. The predicted molar refractivity (Wildman–Crippen MR) is 90.6 cm³/mol. The number of nitrogens with zero attached hydrogens (tertiary/aromatic N) is 1. The summed E-state index contributed by atoms with van der Waals surface area (Å²) in [6, 6.07) is 18.8. The highest BCUT2D eigenvalue weighted by Gasteiger charge is 2.19. The molecule has 0 aliphatic rings. The largest absolute Gasteiger partial charge is 0.359 e. The molecule has 1 N–H and O–H groups in total. The molecule has 3 heteroatoms. The molecule has 0 radical (unpaired) electrons. The van der Waals surface area contributed by atoms with Gasteiger partial charge >= 0.3 is 0 Å². The van der Waals surface area contributed by atoms with E-state index in [1.807, 2.05) is 29.5 Å². The molecule has 0 amide bonds. The summed E-state index contributed by atoms with van der Waals surface area (Å²) in [5.41, 5.74) is 3.43. The van der Waals surface area contributed by atoms with Gasteiger partial charge < -0.3 is 5.32 Å². The van der Waals surface area contributed by atoms with Gasteiger partial charge in [-0.3, -0.25) is 0 Å². The fourth-order valence-electron chi connectivity index (χ4n) is 2.51. The fourth-order valence-corrected chi connectivity index (χ4v) is 3.78. The summed E-state index contributed by atoms with van der Waals surface area (Å²) in [6.07, 6.45) is 0.849. The van der Waals surface area contributed by atoms with Crippen LogP contribution in [0.15, 0.2) is 66.9 Å². The molecule has 0 unspecified atom stereocenters. The van der Waals surface area contributed by atoms with Crippen LogP contribution in [0.4, 0.5) is 5.69 Å². The van der Waals surface area contributed by atoms with Crippen molar-refractivity contribution in [3.05, 3.63) is 71.9 Å². The third kappa shape index (κ3) is 2.98. The SMILES string of the molecule is C=C(Cc1sc2ccccc2[n+]1CC)Nc1ccccc1. The number of aryl methyl sites for hydroxylation is 1. The second-order valence-corrected chi connectivity index (χ2v) is 6.09. The van der Waals surface area contributed by atoms with E-state index >= 15 is 0 Å². The van der Waals surface area contributed by atoms with E-state index in [1.165, 1.54) is 15.2 Å². The molecule has 0 spiro atoms. The zero-order valence-electron chi connectivity index (χ0n) is 12.2. The Morgan fingerprint density at radius 3 is 2.57 bits per heavy atom. The third-order valence-electron chi connectivity index (χ3n) is 3.46. The molecular formula is C18H19N2S+. The number of benzene rings is 2. The van der Waals surface area contributed by atoms with E-state index < -0.39 is 0 Å². The maximum Gasteiger partial charge on any atom is 0.244 e. The molecule has 0 aliphatic heterocycles. The monoisotopic (exact) mass is 295 g/mol. The number of fused-ring (bicyclic) bond motifs is 1. The molecule has 2 aromatic carbocycles. The highest BCUT2D eigenvalue weighted by Crippen LogP contribution is 2.22. The van der Waals surface area contributed by atoms with Crippen molar-refractivity contribution in [3.8, 4) is 0 Å². The van der Waals surface area contributed by atoms with Crippen molar-refractivity contribution in [3.63, 3.8) is 0 Å². The average molecular weight is 295 g/mol. The van der Waals surface area contributed by atoms with E-state index in [2.05, 4.69) is 59.8 Å². The molecule has 0 saturated carbocycles. The van der Waals surface area contributed by atoms with Crippen molar-refractivity contribution in [2.45, 2.75) is 19.9 Å². The second-order valence-electron chi connectivity index (χ2n) is 4.98. The first-order chi connectivity index (χ1) is 10.3. The van der Waals surface area contributed by atoms with Crippen LogP contribution in [0, 0.1) is 0 Å². The Hall–Kier alpha value is -2.13. The van der Waals surface area contributed by atoms with Gasteiger partial charge in [0.25, 0.3) is 0 Å². The Bertz CT molecular complexity index is 759. The van der Waals surface area contributed by atoms with Gasteiger partial charge in [-0.2, -0.15) is 4.57 Å². The number of rotatable bonds is 5. The van der Waals surface area contributed by atoms with Gasteiger partial charge in [-0.1, -0.05) is 48.2 Å². The number of allylic oxidation sites excluding steroid dienone is 1. The quantitative estimate of drug-likeness (QED) is 0.691. The summed E-state index contributed by atoms with van der Waals surface area (Å²) in [4.78, 5) is 0. The van der Waals surface area contributed by atoms with Crippen molar-refractivity contribution in [1.82, 2.24) is 0 Å². The van der Waals surface area contributed by atoms with Gasteiger partial charge in [0, 0.05) is 17.5 Å². The van der Waals surface area contributed by atoms with Gasteiger partial charge in [0.1, 0.15) is 11.2 Å². The number of anilines is 1. The van der Waals surface area contributed by atoms with Crippen molar-refractivity contribution in [2.75, 3.05) is 5.32 Å². The van der Waals surface area contributed by atoms with Crippen LogP contribution >= 0.6 is 11.3 Å². The van der Waals surface area contributed by atoms with E-state index in [-0.39, 0.29) is 0 Å². The Labute approximate surface area is 129 Å². The highest BCUT2D eigenvalue weighted by atomic mass is 32.1. The van der Waals surface area contributed by atoms with Crippen LogP contribution in [0.25, 0.3) is 10.2 Å². The molecule has 3 rings (SSSR count). The van der Waals surface area contributed by atoms with Crippen molar-refractivity contribution < 1.29 is 4.57 Å². The molecule has 1 aromatic heterocycles. The molecule has 2 nitrogen and oxygen atoms in total. The van der Waals surface area contributed by atoms with Crippen LogP contribution in [-0.4, -0.2) is 0 Å². The van der Waals surface area contributed by atoms with Crippen LogP contribution in [0.3, 0.4) is 0 Å². The van der Waals surface area contributed by atoms with Gasteiger partial charge in [-0.25, -0.2) is 0 Å². The van der Waals surface area contributed by atoms with Gasteiger partial charge in [-0.15, -0.1) is 0 Å². The first-order valence-electron chi connectivity index (χ1n) is 7.18. The Morgan fingerprint density at radius 1 is 1.10 bits per heavy atom. The minimum absolute atomic E-state index is 0.849. The number of thiazole rings is 1. The lowest BCUT2D eigenvalue weighted by Crippen LogP contribution is -2.35. The van der Waals surface area contributed by atoms with Crippen LogP contribution in [-0.2, 0) is 13.0 Å². The summed E-state index contributed by atoms with van der Waals surface area (Å²) in [5.74, 6) is 0. The van der Waals surface area contributed by atoms with E-state index in [9.17, 15) is 0 Å². The normalized spacial score (nSPS) is 10.7. The van der Waals surface area contributed by atoms with Crippen molar-refractivity contribution >= 4 is 27.2 Å². The lowest BCUT2D eigenvalue weighted by molar-refractivity contribution is -0.670. The standard InChI is InChI=1S/C18H19N2S/c1-3-20-16-11-7-8-12-17(16)21-18(20)13-14(2)19-15-9-5-4-6-10-15/h4-12,19H,2-3,13H2,1H3/q+1. The number of hydrogen-bond donors (Lipinski definition) is 1. The van der Waals surface area contributed by atoms with Gasteiger partial charge in [-0.05, 0) is 25.1 Å². The zero-order valence-corrected chi connectivity index (χ0v) is 13.0. The second kappa shape index (κ2) is 6.10. The van der Waals surface area contributed by atoms with Crippen LogP contribution in [0.2, 0.25) is 0 Å². The highest BCUT2D eigenvalue weighted by molar-refractivity contribution is 7.18. The van der Waals surface area contributed by atoms with Crippen molar-refractivity contribution in [2.24, 2.45) is 0 Å². The molecular weight excluding hydrogens is 276 g/mol. The van der Waals surface area contributed by atoms with Crippen LogP contribution in [0.5, 0.6) is 0 Å². The summed E-state index contributed by atoms with van der Waals surface area (Å²) in [5, 5.41) is 4.72. The van der Waals surface area contributed by atoms with E-state index in [0.717, 1.165) is 24.4 Å². The minimum atomic E-state index is 0.849. The topological polar surface area (TPSA) is 15.9 Å². The lowest BCUT2D eigenvalue weighted by Gasteiger charge is -2.07. The lowest BCUT2D eigenvalue weighted by atomic mass is 10.2. The number of para-hydroxylation sites is 2. The maximum absolute atomic E-state index is 4.17. The zero-order chi connectivity index (χ0) is 14.7. The summed E-state index contributed by atoms with van der Waals surface area (Å²) < 4.78 is 3.71. The molecule has 1 heterocycles. The summed E-state index contributed by atoms with van der Waals surface area (Å²) in [7, 11) is 0. The molecule has 0 saturated heterocycles. The third-order valence-corrected chi connectivity index (χ3v) is 4.63. The van der Waals surface area contributed by atoms with Gasteiger partial charge in [0.05, 0.1) is 6.42 Å². The average Bonchev–Trinajstić information content (AvgIpc) is 2.85. The Balaban J connectivity index is 1.83. The molecule has 3 aromatic rings. The molecule has 0 aliphatic carbocycles. The number of nitrogens with one attached hydrogen (secondary N) is 1. The molecule has 106 valence electrons. The summed E-state index contributed by atoms with van der Waals surface area (Å²) in [6.45, 7) is 7.35. The molecule has 0 fully saturated rings. The van der Waals surface area contributed by atoms with Crippen LogP contribution in [0.1, 0.15) is 11.9 Å². The molecule has 0 atom stereocenters.